The predicted molar refractivity (Wildman–Crippen MR) is 441 cm³/mol. The summed E-state index contributed by atoms with van der Waals surface area (Å²) in [5.41, 5.74) is 0. The minimum atomic E-state index is -4.40. The molecule has 10 heteroatoms. The topological polar surface area (TPSA) is 108 Å². The summed E-state index contributed by atoms with van der Waals surface area (Å²) in [4.78, 5) is 36.0. The lowest BCUT2D eigenvalue weighted by Gasteiger charge is -2.24. The summed E-state index contributed by atoms with van der Waals surface area (Å²) >= 11 is 0. The molecule has 2 atom stereocenters. The Hall–Kier alpha value is -3.07. The number of allylic oxidation sites excluding steroid dienone is 16. The number of esters is 2. The fraction of sp³-hybridized carbons (Fsp3) is 0.802. The van der Waals surface area contributed by atoms with E-state index in [0.29, 0.717) is 23.9 Å². The van der Waals surface area contributed by atoms with Crippen LogP contribution in [0.25, 0.3) is 0 Å². The fourth-order valence-electron chi connectivity index (χ4n) is 12.8. The van der Waals surface area contributed by atoms with Crippen molar-refractivity contribution in [2.24, 2.45) is 0 Å². The summed E-state index contributed by atoms with van der Waals surface area (Å²) in [6.07, 6.45) is 114. The van der Waals surface area contributed by atoms with Crippen molar-refractivity contribution in [3.8, 4) is 0 Å². The van der Waals surface area contributed by atoms with Gasteiger partial charge in [0.25, 0.3) is 0 Å². The molecule has 0 heterocycles. The van der Waals surface area contributed by atoms with E-state index in [1.807, 2.05) is 21.1 Å². The summed E-state index contributed by atoms with van der Waals surface area (Å²) < 4.78 is 34.9. The fourth-order valence-corrected chi connectivity index (χ4v) is 13.5. The maximum atomic E-state index is 12.9. The number of rotatable bonds is 81. The van der Waals surface area contributed by atoms with Gasteiger partial charge in [-0.1, -0.05) is 426 Å². The molecule has 0 aliphatic carbocycles. The Balaban J connectivity index is 3.91. The van der Waals surface area contributed by atoms with Crippen LogP contribution in [0.1, 0.15) is 418 Å². The van der Waals surface area contributed by atoms with Gasteiger partial charge in [0.2, 0.25) is 0 Å². The van der Waals surface area contributed by atoms with Crippen LogP contribution in [-0.4, -0.2) is 74.9 Å². The second-order valence-corrected chi connectivity index (χ2v) is 32.0. The summed E-state index contributed by atoms with van der Waals surface area (Å²) in [6, 6.07) is 0. The number of unbranched alkanes of at least 4 members (excludes halogenated alkanes) is 51. The zero-order chi connectivity index (χ0) is 73.3. The SMILES string of the molecule is CC/C=C\C/C=C\C/C=C\C/C=C\C/C=C\C/C=C\C/C=C\C/C=C\CCCCCCCCCCCCCCCCC(=O)OC(COC(=O)CCCCCCCCCCCCCCCCCCCCCCCCCCCCCCCCCCCCCCCC)COP(=O)(O)OCC[N+](C)(C)C. The maximum absolute atomic E-state index is 12.9. The number of likely N-dealkylation sites (N-methyl/N-ethyl adjacent to an activating group) is 1. The van der Waals surface area contributed by atoms with Crippen LogP contribution in [0.5, 0.6) is 0 Å². The normalized spacial score (nSPS) is 13.4. The molecule has 1 N–H and O–H groups in total. The van der Waals surface area contributed by atoms with Gasteiger partial charge in [-0.05, 0) is 77.0 Å². The van der Waals surface area contributed by atoms with Crippen molar-refractivity contribution in [1.29, 1.82) is 0 Å². The van der Waals surface area contributed by atoms with Crippen LogP contribution in [0.4, 0.5) is 0 Å². The number of hydrogen-bond acceptors (Lipinski definition) is 7. The lowest BCUT2D eigenvalue weighted by Crippen LogP contribution is -2.37. The van der Waals surface area contributed by atoms with E-state index in [0.717, 1.165) is 89.9 Å². The lowest BCUT2D eigenvalue weighted by molar-refractivity contribution is -0.870. The summed E-state index contributed by atoms with van der Waals surface area (Å²) in [5, 5.41) is 0. The molecule has 0 saturated heterocycles. The van der Waals surface area contributed by atoms with Crippen molar-refractivity contribution in [3.63, 3.8) is 0 Å². The van der Waals surface area contributed by atoms with Gasteiger partial charge in [-0.15, -0.1) is 0 Å². The quantitative estimate of drug-likeness (QED) is 0.0211. The van der Waals surface area contributed by atoms with Crippen molar-refractivity contribution < 1.29 is 42.1 Å². The first-order valence-corrected chi connectivity index (χ1v) is 45.0. The Kier molecular flexibility index (Phi) is 78.6. The maximum Gasteiger partial charge on any atom is 0.472 e. The lowest BCUT2D eigenvalue weighted by atomic mass is 10.0. The monoisotopic (exact) mass is 1430 g/mol. The Bertz CT molecular complexity index is 2030. The molecule has 588 valence electrons. The van der Waals surface area contributed by atoms with E-state index in [2.05, 4.69) is 111 Å². The number of carbonyl (C=O) groups excluding carboxylic acids is 2. The largest absolute Gasteiger partial charge is 0.472 e. The third kappa shape index (κ3) is 85.7. The van der Waals surface area contributed by atoms with Crippen molar-refractivity contribution in [2.45, 2.75) is 424 Å². The van der Waals surface area contributed by atoms with Crippen molar-refractivity contribution in [3.05, 3.63) is 97.2 Å². The van der Waals surface area contributed by atoms with Gasteiger partial charge in [-0.3, -0.25) is 18.6 Å². The smallest absolute Gasteiger partial charge is 0.462 e. The Morgan fingerprint density at radius 3 is 0.842 bits per heavy atom. The first-order valence-electron chi connectivity index (χ1n) is 43.5. The average molecular weight is 1430 g/mol. The van der Waals surface area contributed by atoms with E-state index < -0.39 is 26.5 Å². The van der Waals surface area contributed by atoms with Gasteiger partial charge in [0.1, 0.15) is 19.8 Å². The van der Waals surface area contributed by atoms with Crippen LogP contribution in [-0.2, 0) is 32.7 Å². The predicted octanol–water partition coefficient (Wildman–Crippen LogP) is 29.3. The number of ether oxygens (including phenoxy) is 2. The van der Waals surface area contributed by atoms with Crippen molar-refractivity contribution in [2.75, 3.05) is 47.5 Å². The number of quaternary nitrogens is 1. The molecule has 9 nitrogen and oxygen atoms in total. The van der Waals surface area contributed by atoms with E-state index in [1.165, 1.54) is 295 Å². The van der Waals surface area contributed by atoms with Crippen molar-refractivity contribution >= 4 is 19.8 Å². The molecule has 0 fully saturated rings. The summed E-state index contributed by atoms with van der Waals surface area (Å²) in [7, 11) is 1.49. The standard InChI is InChI=1S/C91H166NO8P/c1-6-8-10-12-14-16-18-20-22-24-26-28-30-32-34-36-38-40-42-44-46-48-50-52-54-56-58-60-62-64-66-68-70-72-74-76-78-80-82-84-91(94)100-89(88-99-101(95,96)98-86-85-92(3,4)5)87-97-90(93)83-81-79-77-75-73-71-69-67-65-63-61-59-57-55-53-51-49-47-45-43-41-39-37-35-33-31-29-27-25-23-21-19-17-15-13-11-9-7-2/h8,10,14,16,20,22,26,28,32,34,38,40,44,46,50,52,89H,6-7,9,11-13,15,17-19,21,23-25,27,29-31,33,35-37,39,41-43,45,47-49,51,53-88H2,1-5H3/p+1/b10-8-,16-14-,22-20-,28-26-,34-32-,40-38-,46-44-,52-50-. The molecule has 0 aliphatic heterocycles. The van der Waals surface area contributed by atoms with Gasteiger partial charge in [0, 0.05) is 12.8 Å². The highest BCUT2D eigenvalue weighted by molar-refractivity contribution is 7.47. The highest BCUT2D eigenvalue weighted by atomic mass is 31.2. The minimum Gasteiger partial charge on any atom is -0.462 e. The molecule has 0 bridgehead atoms. The number of nitrogens with zero attached hydrogens (tertiary/aromatic N) is 1. The van der Waals surface area contributed by atoms with Crippen LogP contribution in [0.15, 0.2) is 97.2 Å². The van der Waals surface area contributed by atoms with Gasteiger partial charge < -0.3 is 18.9 Å². The molecular weight excluding hydrogens is 1270 g/mol. The highest BCUT2D eigenvalue weighted by Crippen LogP contribution is 2.43. The van der Waals surface area contributed by atoms with Gasteiger partial charge in [0.15, 0.2) is 6.10 Å². The zero-order valence-corrected chi connectivity index (χ0v) is 68.3. The molecule has 0 aromatic carbocycles. The second-order valence-electron chi connectivity index (χ2n) is 30.6. The Morgan fingerprint density at radius 2 is 0.564 bits per heavy atom. The molecule has 0 saturated carbocycles. The summed E-state index contributed by atoms with van der Waals surface area (Å²) in [6.45, 7) is 4.38. The number of carbonyl (C=O) groups is 2. The molecule has 101 heavy (non-hydrogen) atoms. The molecule has 0 aromatic rings. The zero-order valence-electron chi connectivity index (χ0n) is 67.4. The van der Waals surface area contributed by atoms with Gasteiger partial charge in [-0.25, -0.2) is 4.57 Å². The number of phosphoric ester groups is 1. The first-order chi connectivity index (χ1) is 49.5. The van der Waals surface area contributed by atoms with Crippen LogP contribution in [0.3, 0.4) is 0 Å². The third-order valence-corrected chi connectivity index (χ3v) is 20.4. The van der Waals surface area contributed by atoms with Crippen molar-refractivity contribution in [1.82, 2.24) is 0 Å². The van der Waals surface area contributed by atoms with Gasteiger partial charge in [-0.2, -0.15) is 0 Å². The van der Waals surface area contributed by atoms with E-state index in [9.17, 15) is 19.0 Å². The second kappa shape index (κ2) is 81.0. The van der Waals surface area contributed by atoms with Crippen LogP contribution >= 0.6 is 7.82 Å². The van der Waals surface area contributed by atoms with E-state index >= 15 is 0 Å². The average Bonchev–Trinajstić information content (AvgIpc) is 0.973. The number of hydrogen-bond donors (Lipinski definition) is 1. The first kappa shape index (κ1) is 97.9. The van der Waals surface area contributed by atoms with E-state index in [4.69, 9.17) is 18.5 Å². The Labute approximate surface area is 627 Å². The van der Waals surface area contributed by atoms with E-state index in [-0.39, 0.29) is 25.6 Å². The van der Waals surface area contributed by atoms with Gasteiger partial charge in [0.05, 0.1) is 27.7 Å². The molecule has 0 rings (SSSR count). The minimum absolute atomic E-state index is 0.0311. The highest BCUT2D eigenvalue weighted by Gasteiger charge is 2.27. The molecule has 0 amide bonds. The Morgan fingerprint density at radius 1 is 0.317 bits per heavy atom. The van der Waals surface area contributed by atoms with Gasteiger partial charge >= 0.3 is 19.8 Å². The van der Waals surface area contributed by atoms with Crippen LogP contribution < -0.4 is 0 Å². The molecule has 0 aromatic heterocycles. The van der Waals surface area contributed by atoms with E-state index in [1.54, 1.807) is 0 Å². The summed E-state index contributed by atoms with van der Waals surface area (Å²) in [5.74, 6) is -0.781. The molecule has 0 spiro atoms. The number of phosphoric acid groups is 1. The van der Waals surface area contributed by atoms with Crippen LogP contribution in [0, 0.1) is 0 Å². The molecule has 0 radical (unpaired) electrons. The molecular formula is C91H167NO8P+. The molecule has 2 unspecified atom stereocenters. The van der Waals surface area contributed by atoms with Crippen LogP contribution in [0.2, 0.25) is 0 Å². The third-order valence-electron chi connectivity index (χ3n) is 19.4. The molecule has 0 aliphatic rings.